The average molecular weight is 506 g/mol. The number of nitrogens with zero attached hydrogens (tertiary/aromatic N) is 3. The summed E-state index contributed by atoms with van der Waals surface area (Å²) in [6.45, 7) is 0. The molecular weight excluding hydrogens is 486 g/mol. The molecule has 2 amide bonds. The lowest BCUT2D eigenvalue weighted by molar-refractivity contribution is -0.122. The van der Waals surface area contributed by atoms with E-state index in [0.29, 0.717) is 16.3 Å². The first-order valence-corrected chi connectivity index (χ1v) is 12.5. The Morgan fingerprint density at radius 1 is 0.838 bits per heavy atom. The van der Waals surface area contributed by atoms with Gasteiger partial charge < -0.3 is 4.90 Å². The molecule has 6 nitrogen and oxygen atoms in total. The first-order chi connectivity index (χ1) is 18.0. The SMILES string of the molecule is O=C(c1ccc(Cl)cc1)C1C2C(=O)N(c3ccccc3)C(=O)C2C2C=Cc3ccc4cccnc4c3N21. The highest BCUT2D eigenvalue weighted by molar-refractivity contribution is 6.30. The Bertz CT molecular complexity index is 1630. The van der Waals surface area contributed by atoms with Crippen molar-refractivity contribution in [3.05, 3.63) is 107 Å². The van der Waals surface area contributed by atoms with E-state index >= 15 is 0 Å². The summed E-state index contributed by atoms with van der Waals surface area (Å²) in [4.78, 5) is 49.9. The molecule has 7 rings (SSSR count). The monoisotopic (exact) mass is 505 g/mol. The van der Waals surface area contributed by atoms with Crippen molar-refractivity contribution in [2.24, 2.45) is 11.8 Å². The van der Waals surface area contributed by atoms with Gasteiger partial charge in [-0.15, -0.1) is 0 Å². The van der Waals surface area contributed by atoms with Crippen LogP contribution in [0, 0.1) is 11.8 Å². The Morgan fingerprint density at radius 3 is 2.38 bits per heavy atom. The predicted octanol–water partition coefficient (Wildman–Crippen LogP) is 5.16. The number of carbonyl (C=O) groups is 3. The lowest BCUT2D eigenvalue weighted by Crippen LogP contribution is -2.49. The van der Waals surface area contributed by atoms with Crippen LogP contribution in [0.1, 0.15) is 15.9 Å². The normalized spacial score (nSPS) is 23.8. The third-order valence-electron chi connectivity index (χ3n) is 7.65. The molecule has 0 aliphatic carbocycles. The largest absolute Gasteiger partial charge is 0.351 e. The number of amides is 2. The second-order valence-corrected chi connectivity index (χ2v) is 9.99. The summed E-state index contributed by atoms with van der Waals surface area (Å²) >= 11 is 6.09. The van der Waals surface area contributed by atoms with Crippen LogP contribution in [0.25, 0.3) is 17.0 Å². The molecule has 4 unspecified atom stereocenters. The molecule has 37 heavy (non-hydrogen) atoms. The van der Waals surface area contributed by atoms with Gasteiger partial charge in [0.05, 0.1) is 34.8 Å². The molecule has 3 aromatic carbocycles. The van der Waals surface area contributed by atoms with Gasteiger partial charge in [0.2, 0.25) is 11.8 Å². The third kappa shape index (κ3) is 3.12. The summed E-state index contributed by atoms with van der Waals surface area (Å²) in [5.41, 5.74) is 3.37. The van der Waals surface area contributed by atoms with Crippen LogP contribution in [0.2, 0.25) is 5.02 Å². The van der Waals surface area contributed by atoms with E-state index in [1.165, 1.54) is 4.90 Å². The molecular formula is C30H20ClN3O3. The van der Waals surface area contributed by atoms with Crippen LogP contribution >= 0.6 is 11.6 Å². The lowest BCUT2D eigenvalue weighted by atomic mass is 9.86. The number of imide groups is 1. The average Bonchev–Trinajstić information content (AvgIpc) is 3.41. The minimum Gasteiger partial charge on any atom is -0.351 e. The molecule has 7 heteroatoms. The quantitative estimate of drug-likeness (QED) is 0.284. The number of benzene rings is 3. The smallest absolute Gasteiger partial charge is 0.240 e. The molecule has 4 atom stereocenters. The van der Waals surface area contributed by atoms with Crippen molar-refractivity contribution < 1.29 is 14.4 Å². The standard InChI is InChI=1S/C30H20ClN3O3/c31-20-13-10-19(11-14-20)28(35)27-24-23(29(36)33(30(24)37)21-6-2-1-3-7-21)22-15-12-18-9-8-17-5-4-16-32-25(17)26(18)34(22)27/h1-16,22-24,27H. The zero-order chi connectivity index (χ0) is 25.3. The Kier molecular flexibility index (Phi) is 4.81. The van der Waals surface area contributed by atoms with Gasteiger partial charge in [-0.1, -0.05) is 60.2 Å². The van der Waals surface area contributed by atoms with Gasteiger partial charge in [0.15, 0.2) is 5.78 Å². The summed E-state index contributed by atoms with van der Waals surface area (Å²) in [6, 6.07) is 22.1. The summed E-state index contributed by atoms with van der Waals surface area (Å²) in [5, 5.41) is 1.44. The zero-order valence-corrected chi connectivity index (χ0v) is 20.2. The predicted molar refractivity (Wildman–Crippen MR) is 143 cm³/mol. The van der Waals surface area contributed by atoms with E-state index in [1.54, 1.807) is 54.7 Å². The maximum Gasteiger partial charge on any atom is 0.240 e. The topological polar surface area (TPSA) is 70.6 Å². The van der Waals surface area contributed by atoms with E-state index in [4.69, 9.17) is 11.6 Å². The molecule has 2 fully saturated rings. The minimum absolute atomic E-state index is 0.223. The van der Waals surface area contributed by atoms with E-state index < -0.39 is 23.9 Å². The summed E-state index contributed by atoms with van der Waals surface area (Å²) in [6.07, 6.45) is 5.64. The van der Waals surface area contributed by atoms with Crippen molar-refractivity contribution in [2.75, 3.05) is 9.80 Å². The number of pyridine rings is 1. The summed E-state index contributed by atoms with van der Waals surface area (Å²) in [5.74, 6) is -2.40. The highest BCUT2D eigenvalue weighted by Crippen LogP contribution is 2.51. The van der Waals surface area contributed by atoms with Crippen LogP contribution in [-0.2, 0) is 9.59 Å². The van der Waals surface area contributed by atoms with Gasteiger partial charge in [-0.05, 0) is 48.0 Å². The number of para-hydroxylation sites is 1. The van der Waals surface area contributed by atoms with Crippen molar-refractivity contribution >= 4 is 57.6 Å². The first kappa shape index (κ1) is 21.9. The van der Waals surface area contributed by atoms with Crippen molar-refractivity contribution in [2.45, 2.75) is 12.1 Å². The number of aromatic nitrogens is 1. The lowest BCUT2D eigenvalue weighted by Gasteiger charge is -2.37. The Morgan fingerprint density at radius 2 is 1.59 bits per heavy atom. The van der Waals surface area contributed by atoms with Gasteiger partial charge in [0.25, 0.3) is 0 Å². The highest BCUT2D eigenvalue weighted by atomic mass is 35.5. The fourth-order valence-corrected chi connectivity index (χ4v) is 6.22. The van der Waals surface area contributed by atoms with Crippen LogP contribution in [0.5, 0.6) is 0 Å². The molecule has 0 saturated carbocycles. The molecule has 0 bridgehead atoms. The molecule has 0 spiro atoms. The number of hydrogen-bond donors (Lipinski definition) is 0. The second kappa shape index (κ2) is 8.11. The van der Waals surface area contributed by atoms with Crippen LogP contribution in [0.3, 0.4) is 0 Å². The Labute approximate surface area is 217 Å². The van der Waals surface area contributed by atoms with Gasteiger partial charge in [0, 0.05) is 22.2 Å². The van der Waals surface area contributed by atoms with Crippen molar-refractivity contribution in [1.29, 1.82) is 0 Å². The number of Topliss-reactive ketones (excluding diaryl/α,β-unsaturated/α-hetero) is 1. The van der Waals surface area contributed by atoms with E-state index in [-0.39, 0.29) is 17.6 Å². The number of carbonyl (C=O) groups excluding carboxylic acids is 3. The zero-order valence-electron chi connectivity index (χ0n) is 19.5. The van der Waals surface area contributed by atoms with E-state index in [0.717, 1.165) is 22.2 Å². The molecule has 3 aliphatic heterocycles. The van der Waals surface area contributed by atoms with Gasteiger partial charge in [-0.25, -0.2) is 4.90 Å². The maximum absolute atomic E-state index is 14.2. The molecule has 0 radical (unpaired) electrons. The van der Waals surface area contributed by atoms with E-state index in [1.807, 2.05) is 47.4 Å². The Balaban J connectivity index is 1.44. The minimum atomic E-state index is -0.877. The molecule has 4 aromatic rings. The van der Waals surface area contributed by atoms with Crippen molar-refractivity contribution in [1.82, 2.24) is 4.98 Å². The molecule has 3 aliphatic rings. The molecule has 4 heterocycles. The molecule has 2 saturated heterocycles. The van der Waals surface area contributed by atoms with E-state index in [2.05, 4.69) is 4.98 Å². The number of fused-ring (bicyclic) bond motifs is 7. The van der Waals surface area contributed by atoms with Crippen LogP contribution < -0.4 is 9.80 Å². The van der Waals surface area contributed by atoms with Gasteiger partial charge >= 0.3 is 0 Å². The molecule has 1 aromatic heterocycles. The third-order valence-corrected chi connectivity index (χ3v) is 7.90. The highest BCUT2D eigenvalue weighted by Gasteiger charge is 2.64. The number of rotatable bonds is 3. The number of anilines is 2. The van der Waals surface area contributed by atoms with Gasteiger partial charge in [0.1, 0.15) is 6.04 Å². The fraction of sp³-hybridized carbons (Fsp3) is 0.133. The second-order valence-electron chi connectivity index (χ2n) is 9.55. The number of hydrogen-bond acceptors (Lipinski definition) is 5. The number of halogens is 1. The fourth-order valence-electron chi connectivity index (χ4n) is 6.10. The number of ketones is 1. The van der Waals surface area contributed by atoms with Crippen molar-refractivity contribution in [3.8, 4) is 0 Å². The van der Waals surface area contributed by atoms with E-state index in [9.17, 15) is 14.4 Å². The van der Waals surface area contributed by atoms with Crippen LogP contribution in [-0.4, -0.2) is 34.7 Å². The van der Waals surface area contributed by atoms with Crippen LogP contribution in [0.4, 0.5) is 11.4 Å². The van der Waals surface area contributed by atoms with Gasteiger partial charge in [-0.3, -0.25) is 19.4 Å². The van der Waals surface area contributed by atoms with Gasteiger partial charge in [-0.2, -0.15) is 0 Å². The summed E-state index contributed by atoms with van der Waals surface area (Å²) in [7, 11) is 0. The molecule has 180 valence electrons. The first-order valence-electron chi connectivity index (χ1n) is 12.1. The van der Waals surface area contributed by atoms with Crippen molar-refractivity contribution in [3.63, 3.8) is 0 Å². The molecule has 0 N–H and O–H groups in total. The summed E-state index contributed by atoms with van der Waals surface area (Å²) < 4.78 is 0. The van der Waals surface area contributed by atoms with Crippen LogP contribution in [0.15, 0.2) is 91.1 Å². The maximum atomic E-state index is 14.2. The Hall–Kier alpha value is -4.29.